The van der Waals surface area contributed by atoms with Crippen LogP contribution in [-0.2, 0) is 0 Å². The van der Waals surface area contributed by atoms with Crippen molar-refractivity contribution in [3.8, 4) is 0 Å². The summed E-state index contributed by atoms with van der Waals surface area (Å²) in [5, 5.41) is 3.71. The molecule has 1 aliphatic carbocycles. The summed E-state index contributed by atoms with van der Waals surface area (Å²) < 4.78 is 0.493. The fraction of sp³-hybridized carbons (Fsp3) is 0.769. The summed E-state index contributed by atoms with van der Waals surface area (Å²) in [6.45, 7) is 5.49. The molecule has 1 unspecified atom stereocenters. The van der Waals surface area contributed by atoms with Crippen molar-refractivity contribution in [2.45, 2.75) is 50.3 Å². The lowest BCUT2D eigenvalue weighted by Crippen LogP contribution is -2.36. The number of nitrogens with one attached hydrogen (secondary N) is 1. The minimum atomic E-state index is 0.437. The third-order valence-corrected chi connectivity index (χ3v) is 6.39. The minimum Gasteiger partial charge on any atom is -0.308 e. The number of thiazole rings is 1. The van der Waals surface area contributed by atoms with Crippen molar-refractivity contribution in [2.24, 2.45) is 0 Å². The summed E-state index contributed by atoms with van der Waals surface area (Å²) in [5.74, 6) is 0. The van der Waals surface area contributed by atoms with E-state index in [1.807, 2.05) is 17.3 Å². The van der Waals surface area contributed by atoms with Gasteiger partial charge in [0.05, 0.1) is 11.2 Å². The van der Waals surface area contributed by atoms with Gasteiger partial charge in [0.1, 0.15) is 0 Å². The standard InChI is InChI=1S/C13H22N2S2/c1-10(12-11(2)15-9-17-12)14-8-13(16-3)6-4-5-7-13/h9-10,14H,4-8H2,1-3H3. The monoisotopic (exact) mass is 270 g/mol. The number of aryl methyl sites for hydroxylation is 1. The van der Waals surface area contributed by atoms with Crippen LogP contribution in [0.3, 0.4) is 0 Å². The highest BCUT2D eigenvalue weighted by Gasteiger charge is 2.33. The maximum absolute atomic E-state index is 4.33. The summed E-state index contributed by atoms with van der Waals surface area (Å²) >= 11 is 3.81. The molecule has 1 saturated carbocycles. The molecule has 0 radical (unpaired) electrons. The van der Waals surface area contributed by atoms with Crippen molar-refractivity contribution < 1.29 is 0 Å². The van der Waals surface area contributed by atoms with Crippen LogP contribution < -0.4 is 5.32 Å². The Morgan fingerprint density at radius 3 is 2.76 bits per heavy atom. The van der Waals surface area contributed by atoms with Crippen molar-refractivity contribution in [3.05, 3.63) is 16.1 Å². The van der Waals surface area contributed by atoms with Gasteiger partial charge in [0, 0.05) is 22.2 Å². The molecule has 0 amide bonds. The maximum atomic E-state index is 4.33. The zero-order valence-corrected chi connectivity index (χ0v) is 12.6. The Hall–Kier alpha value is -0.0600. The molecular formula is C13H22N2S2. The molecule has 2 rings (SSSR count). The molecule has 1 N–H and O–H groups in total. The Balaban J connectivity index is 1.91. The lowest BCUT2D eigenvalue weighted by Gasteiger charge is -2.28. The van der Waals surface area contributed by atoms with Crippen molar-refractivity contribution in [3.63, 3.8) is 0 Å². The first-order chi connectivity index (χ1) is 8.17. The minimum absolute atomic E-state index is 0.437. The predicted molar refractivity (Wildman–Crippen MR) is 78.0 cm³/mol. The molecule has 0 spiro atoms. The van der Waals surface area contributed by atoms with E-state index < -0.39 is 0 Å². The molecule has 1 fully saturated rings. The molecule has 17 heavy (non-hydrogen) atoms. The molecule has 1 aromatic heterocycles. The van der Waals surface area contributed by atoms with Gasteiger partial charge in [0.15, 0.2) is 0 Å². The van der Waals surface area contributed by atoms with Gasteiger partial charge in [-0.3, -0.25) is 0 Å². The molecule has 2 nitrogen and oxygen atoms in total. The lowest BCUT2D eigenvalue weighted by atomic mass is 10.1. The van der Waals surface area contributed by atoms with Gasteiger partial charge < -0.3 is 5.32 Å². The van der Waals surface area contributed by atoms with Crippen LogP contribution in [0.4, 0.5) is 0 Å². The molecule has 1 aromatic rings. The largest absolute Gasteiger partial charge is 0.308 e. The number of aromatic nitrogens is 1. The van der Waals surface area contributed by atoms with Gasteiger partial charge in [-0.05, 0) is 32.9 Å². The molecule has 4 heteroatoms. The zero-order chi connectivity index (χ0) is 12.3. The van der Waals surface area contributed by atoms with Gasteiger partial charge >= 0.3 is 0 Å². The van der Waals surface area contributed by atoms with Crippen LogP contribution in [0.15, 0.2) is 5.51 Å². The van der Waals surface area contributed by atoms with Crippen LogP contribution >= 0.6 is 23.1 Å². The quantitative estimate of drug-likeness (QED) is 0.881. The highest BCUT2D eigenvalue weighted by atomic mass is 32.2. The smallest absolute Gasteiger partial charge is 0.0798 e. The maximum Gasteiger partial charge on any atom is 0.0798 e. The van der Waals surface area contributed by atoms with Gasteiger partial charge in [-0.2, -0.15) is 11.8 Å². The Labute approximate surface area is 113 Å². The van der Waals surface area contributed by atoms with Crippen LogP contribution in [0.25, 0.3) is 0 Å². The summed E-state index contributed by atoms with van der Waals surface area (Å²) in [6, 6.07) is 0.437. The molecule has 0 aromatic carbocycles. The Kier molecular flexibility index (Phi) is 4.50. The van der Waals surface area contributed by atoms with Gasteiger partial charge in [-0.1, -0.05) is 12.8 Å². The third-order valence-electron chi connectivity index (χ3n) is 3.85. The van der Waals surface area contributed by atoms with E-state index >= 15 is 0 Å². The predicted octanol–water partition coefficient (Wildman–Crippen LogP) is 3.78. The van der Waals surface area contributed by atoms with Gasteiger partial charge in [0.25, 0.3) is 0 Å². The van der Waals surface area contributed by atoms with Crippen LogP contribution in [0.2, 0.25) is 0 Å². The SMILES string of the molecule is CSC1(CNC(C)c2scnc2C)CCCC1. The number of thioether (sulfide) groups is 1. The van der Waals surface area contributed by atoms with Gasteiger partial charge in [0.2, 0.25) is 0 Å². The van der Waals surface area contributed by atoms with Crippen molar-refractivity contribution in [1.29, 1.82) is 0 Å². The normalized spacial score (nSPS) is 20.6. The van der Waals surface area contributed by atoms with Crippen molar-refractivity contribution in [2.75, 3.05) is 12.8 Å². The van der Waals surface area contributed by atoms with Gasteiger partial charge in [-0.25, -0.2) is 4.98 Å². The fourth-order valence-electron chi connectivity index (χ4n) is 2.63. The van der Waals surface area contributed by atoms with E-state index in [-0.39, 0.29) is 0 Å². The molecule has 1 heterocycles. The molecule has 1 aliphatic rings. The van der Waals surface area contributed by atoms with E-state index in [2.05, 4.69) is 30.4 Å². The lowest BCUT2D eigenvalue weighted by molar-refractivity contribution is 0.489. The van der Waals surface area contributed by atoms with Crippen LogP contribution in [0.1, 0.15) is 49.2 Å². The van der Waals surface area contributed by atoms with Gasteiger partial charge in [-0.15, -0.1) is 11.3 Å². The van der Waals surface area contributed by atoms with E-state index in [0.717, 1.165) is 6.54 Å². The second-order valence-corrected chi connectivity index (χ2v) is 7.16. The highest BCUT2D eigenvalue weighted by Crippen LogP contribution is 2.40. The summed E-state index contributed by atoms with van der Waals surface area (Å²) in [4.78, 5) is 5.72. The number of hydrogen-bond donors (Lipinski definition) is 1. The van der Waals surface area contributed by atoms with Crippen LogP contribution in [0, 0.1) is 6.92 Å². The molecule has 0 aliphatic heterocycles. The molecule has 96 valence electrons. The average molecular weight is 270 g/mol. The Morgan fingerprint density at radius 2 is 2.24 bits per heavy atom. The fourth-order valence-corrected chi connectivity index (χ4v) is 4.39. The first kappa shape index (κ1) is 13.4. The number of nitrogens with zero attached hydrogens (tertiary/aromatic N) is 1. The Bertz CT molecular complexity index is 356. The highest BCUT2D eigenvalue weighted by molar-refractivity contribution is 8.00. The average Bonchev–Trinajstić information content (AvgIpc) is 2.95. The molecular weight excluding hydrogens is 248 g/mol. The molecule has 0 bridgehead atoms. The summed E-state index contributed by atoms with van der Waals surface area (Å²) in [7, 11) is 0. The summed E-state index contributed by atoms with van der Waals surface area (Å²) in [6.07, 6.45) is 7.80. The second-order valence-electron chi connectivity index (χ2n) is 5.00. The van der Waals surface area contributed by atoms with Crippen LogP contribution in [-0.4, -0.2) is 22.5 Å². The van der Waals surface area contributed by atoms with Crippen molar-refractivity contribution >= 4 is 23.1 Å². The van der Waals surface area contributed by atoms with Crippen LogP contribution in [0.5, 0.6) is 0 Å². The number of rotatable bonds is 5. The zero-order valence-electron chi connectivity index (χ0n) is 11.0. The molecule has 1 atom stereocenters. The van der Waals surface area contributed by atoms with E-state index in [1.54, 1.807) is 11.3 Å². The van der Waals surface area contributed by atoms with E-state index in [4.69, 9.17) is 0 Å². The Morgan fingerprint density at radius 1 is 1.53 bits per heavy atom. The number of hydrogen-bond acceptors (Lipinski definition) is 4. The molecule has 0 saturated heterocycles. The first-order valence-electron chi connectivity index (χ1n) is 6.35. The van der Waals surface area contributed by atoms with E-state index in [0.29, 0.717) is 10.8 Å². The van der Waals surface area contributed by atoms with E-state index in [1.165, 1.54) is 36.3 Å². The third kappa shape index (κ3) is 3.04. The topological polar surface area (TPSA) is 24.9 Å². The summed E-state index contributed by atoms with van der Waals surface area (Å²) in [5.41, 5.74) is 3.13. The second kappa shape index (κ2) is 5.72. The van der Waals surface area contributed by atoms with Crippen molar-refractivity contribution in [1.82, 2.24) is 10.3 Å². The first-order valence-corrected chi connectivity index (χ1v) is 8.46. The van der Waals surface area contributed by atoms with E-state index in [9.17, 15) is 0 Å².